The Morgan fingerprint density at radius 2 is 1.14 bits per heavy atom. The lowest BCUT2D eigenvalue weighted by Crippen LogP contribution is -2.30. The Bertz CT molecular complexity index is 5220. The molecule has 5 aromatic rings. The summed E-state index contributed by atoms with van der Waals surface area (Å²) in [6.07, 6.45) is -4.66. The summed E-state index contributed by atoms with van der Waals surface area (Å²) in [6, 6.07) is 13.2. The molecule has 2 aliphatic rings. The fourth-order valence-electron chi connectivity index (χ4n) is 10.4. The first-order valence-electron chi connectivity index (χ1n) is 35.2. The van der Waals surface area contributed by atoms with Crippen LogP contribution < -0.4 is 59.5 Å². The quantitative estimate of drug-likeness (QED) is 0.00648. The van der Waals surface area contributed by atoms with Crippen LogP contribution in [0.15, 0.2) is 92.5 Å². The van der Waals surface area contributed by atoms with Gasteiger partial charge >= 0.3 is 44.8 Å². The summed E-state index contributed by atoms with van der Waals surface area (Å²) in [5, 5.41) is 24.3. The number of nitrogens with two attached hydrogens (primary N) is 4. The highest BCUT2D eigenvalue weighted by atomic mass is 31.3. The Morgan fingerprint density at radius 3 is 1.67 bits per heavy atom. The summed E-state index contributed by atoms with van der Waals surface area (Å²) in [4.78, 5) is 160. The Balaban J connectivity index is 0.000000384. The minimum atomic E-state index is -5.89. The molecule has 4 amide bonds. The van der Waals surface area contributed by atoms with E-state index in [1.165, 1.54) is 16.8 Å². The molecule has 12 unspecified atom stereocenters. The number of azide groups is 4. The Kier molecular flexibility index (Phi) is 42.1. The molecule has 124 heavy (non-hydrogen) atoms. The van der Waals surface area contributed by atoms with Crippen LogP contribution in [0.2, 0.25) is 0 Å². The van der Waals surface area contributed by atoms with E-state index in [1.807, 2.05) is 6.07 Å². The topological polar surface area (TPSA) is 887 Å². The summed E-state index contributed by atoms with van der Waals surface area (Å²) in [5.74, 6) is 9.26. The lowest BCUT2D eigenvalue weighted by molar-refractivity contribution is -0.212. The number of nitrogens with one attached hydrogen (secondary N) is 4. The van der Waals surface area contributed by atoms with Gasteiger partial charge in [0.15, 0.2) is 6.23 Å². The molecule has 0 aliphatic carbocycles. The van der Waals surface area contributed by atoms with E-state index in [-0.39, 0.29) is 124 Å². The van der Waals surface area contributed by atoms with E-state index in [2.05, 4.69) is 122 Å². The van der Waals surface area contributed by atoms with Gasteiger partial charge in [-0.15, -0.1) is 0 Å². The molecule has 59 nitrogen and oxygen atoms in total. The number of amides is 4. The molecule has 5 heterocycles. The third-order valence-electron chi connectivity index (χ3n) is 15.4. The normalized spacial score (nSPS) is 18.9. The number of benzene rings is 2. The molecular formula is C59H80N25O34P6-. The van der Waals surface area contributed by atoms with Crippen molar-refractivity contribution in [3.8, 4) is 29.4 Å². The zero-order valence-corrected chi connectivity index (χ0v) is 69.4. The molecule has 2 fully saturated rings. The van der Waals surface area contributed by atoms with Crippen LogP contribution in [0.5, 0.6) is 5.75 Å². The number of aromatic nitrogens is 5. The highest BCUT2D eigenvalue weighted by Gasteiger charge is 2.46. The molecule has 0 radical (unpaired) electrons. The first-order valence-corrected chi connectivity index (χ1v) is 44.2. The van der Waals surface area contributed by atoms with Crippen molar-refractivity contribution >= 4 is 93.2 Å². The van der Waals surface area contributed by atoms with Crippen LogP contribution in [0, 0.1) is 23.7 Å². The lowest BCUT2D eigenvalue weighted by Gasteiger charge is -2.22. The second kappa shape index (κ2) is 50.8. The van der Waals surface area contributed by atoms with E-state index in [9.17, 15) is 75.8 Å². The maximum absolute atomic E-state index is 12.8. The van der Waals surface area contributed by atoms with E-state index < -0.39 is 140 Å². The number of nitrogens with zero attached hydrogens (tertiary/aromatic N) is 17. The summed E-state index contributed by atoms with van der Waals surface area (Å²) >= 11 is 0. The first kappa shape index (κ1) is 103. The van der Waals surface area contributed by atoms with Gasteiger partial charge in [0, 0.05) is 82.2 Å². The van der Waals surface area contributed by atoms with Crippen LogP contribution in [-0.2, 0) is 108 Å². The number of phosphoric acid groups is 6. The predicted octanol–water partition coefficient (Wildman–Crippen LogP) is 1.14. The predicted molar refractivity (Wildman–Crippen MR) is 416 cm³/mol. The van der Waals surface area contributed by atoms with Crippen LogP contribution in [0.25, 0.3) is 52.8 Å². The van der Waals surface area contributed by atoms with Gasteiger partial charge in [0.05, 0.1) is 81.5 Å². The molecule has 0 saturated carbocycles. The smallest absolute Gasteiger partial charge is 0.490 e. The Labute approximate surface area is 698 Å². The van der Waals surface area contributed by atoms with Crippen LogP contribution in [0.1, 0.15) is 69.1 Å². The number of carbonyl (C=O) groups is 4. The molecule has 3 aromatic heterocycles. The molecule has 2 saturated heterocycles. The number of fused-ring (bicyclic) bond motifs is 1. The molecule has 7 rings (SSSR count). The van der Waals surface area contributed by atoms with Crippen LogP contribution >= 0.6 is 46.9 Å². The summed E-state index contributed by atoms with van der Waals surface area (Å²) in [7, 11) is -34.3. The maximum atomic E-state index is 12.8. The van der Waals surface area contributed by atoms with Gasteiger partial charge in [0.2, 0.25) is 11.8 Å². The molecule has 19 N–H and O–H groups in total. The van der Waals surface area contributed by atoms with E-state index in [0.717, 1.165) is 22.7 Å². The summed E-state index contributed by atoms with van der Waals surface area (Å²) in [5.41, 5.74) is 59.1. The number of nitrogen functional groups attached to an aromatic ring is 2. The third kappa shape index (κ3) is 37.4. The Hall–Kier alpha value is -10.00. The number of rotatable bonds is 50. The number of hydrogen-bond donors (Lipinski definition) is 15. The van der Waals surface area contributed by atoms with Gasteiger partial charge in [-0.2, -0.15) is 17.9 Å². The van der Waals surface area contributed by atoms with Crippen LogP contribution in [0.4, 0.5) is 11.6 Å². The fourth-order valence-corrected chi connectivity index (χ4v) is 16.4. The van der Waals surface area contributed by atoms with Crippen molar-refractivity contribution in [2.45, 2.75) is 75.0 Å². The van der Waals surface area contributed by atoms with Crippen molar-refractivity contribution in [3.05, 3.63) is 147 Å². The van der Waals surface area contributed by atoms with E-state index in [1.54, 1.807) is 36.4 Å². The Morgan fingerprint density at radius 1 is 0.629 bits per heavy atom. The average molecular weight is 1870 g/mol. The van der Waals surface area contributed by atoms with Gasteiger partial charge < -0.3 is 131 Å². The van der Waals surface area contributed by atoms with Crippen molar-refractivity contribution in [3.63, 3.8) is 0 Å². The zero-order chi connectivity index (χ0) is 91.1. The van der Waals surface area contributed by atoms with Crippen LogP contribution in [0.3, 0.4) is 0 Å². The number of aryl methyl sites for hydroxylation is 1. The molecular weight excluding hydrogens is 1790 g/mol. The van der Waals surface area contributed by atoms with Gasteiger partial charge in [0.1, 0.15) is 93.5 Å². The van der Waals surface area contributed by atoms with Gasteiger partial charge in [-0.25, -0.2) is 41.9 Å². The highest BCUT2D eigenvalue weighted by Crippen LogP contribution is 2.67. The van der Waals surface area contributed by atoms with Crippen molar-refractivity contribution in [2.75, 3.05) is 124 Å². The van der Waals surface area contributed by atoms with E-state index in [0.29, 0.717) is 49.4 Å². The zero-order valence-electron chi connectivity index (χ0n) is 64.1. The number of phosphoric ester groups is 2. The monoisotopic (exact) mass is 1870 g/mol. The van der Waals surface area contributed by atoms with Crippen molar-refractivity contribution in [1.29, 1.82) is 0 Å². The second-order valence-electron chi connectivity index (χ2n) is 24.2. The molecule has 13 atom stereocenters. The lowest BCUT2D eigenvalue weighted by atomic mass is 10.1. The van der Waals surface area contributed by atoms with Gasteiger partial charge in [-0.1, -0.05) is 62.3 Å². The fraction of sp³-hybridized carbons (Fsp3) is 0.492. The van der Waals surface area contributed by atoms with E-state index >= 15 is 0 Å². The van der Waals surface area contributed by atoms with Crippen molar-refractivity contribution in [1.82, 2.24) is 45.4 Å². The van der Waals surface area contributed by atoms with Crippen LogP contribution in [-0.4, -0.2) is 231 Å². The number of anilines is 2. The molecule has 65 heteroatoms. The van der Waals surface area contributed by atoms with Crippen molar-refractivity contribution in [2.24, 2.45) is 31.9 Å². The van der Waals surface area contributed by atoms with Gasteiger partial charge in [0.25, 0.3) is 19.6 Å². The van der Waals surface area contributed by atoms with E-state index in [4.69, 9.17) is 107 Å². The molecule has 676 valence electrons. The summed E-state index contributed by atoms with van der Waals surface area (Å²) < 4.78 is 146. The van der Waals surface area contributed by atoms with Gasteiger partial charge in [-0.05, 0) is 70.9 Å². The molecule has 0 bridgehead atoms. The molecule has 2 aliphatic heterocycles. The largest absolute Gasteiger partial charge is 0.756 e. The number of hydrogen-bond acceptors (Lipinski definition) is 38. The minimum absolute atomic E-state index is 0.00102. The second-order valence-corrected chi connectivity index (χ2v) is 33.0. The SMILES string of the molecule is [N-]=[N+]=NCOC1CC(n2cc(C#CCNC(=O)COCCOC(COc3cccc(C(=O)NCCN)c3)N=[N+]=[N-])c3c(N)ncnc32)OC1COP(=O)(O)OP(=O)(O)OP(=O)(O)O.[N-]=[N+]=NCO[C@H]1CC(n2cc(C#CCNC(=O)COCCOC(CCc3cccc(C(=O)NCCN)c3)N=[N+]=[N-])c(N)nc2=O)OC1COP(=O)(O)OP(=O)(O)OP(=O)([O-])O. The van der Waals surface area contributed by atoms with Crippen molar-refractivity contribution < 1.29 is 155 Å². The third-order valence-corrected chi connectivity index (χ3v) is 22.9. The van der Waals surface area contributed by atoms with Gasteiger partial charge in [-0.3, -0.25) is 37.4 Å². The number of ether oxygens (including phenoxy) is 9. The minimum Gasteiger partial charge on any atom is -0.756 e. The molecule has 2 aromatic carbocycles. The first-order chi connectivity index (χ1) is 58.8. The maximum Gasteiger partial charge on any atom is 0.490 e. The molecule has 0 spiro atoms. The number of carbonyl (C=O) groups excluding carboxylic acids is 4. The standard InChI is InChI=1S/C30H40N13O17P3.C29H41N12O17P3/c31-6-8-36-30(45)19-3-1-5-21(11-19)55-16-25(40-42-34)54-10-9-53-15-24(44)35-7-2-4-20-13-43(29-27(20)28(32)37-17-38-29)26-12-22(56-18-39-41-33)23(58-26)14-57-62(49,50)60-63(51,52)59-61(46,47)48;30-8-10-35-28(43)20-4-1-3-19(13-20)6-7-25(38-40-33)53-12-11-52-17-24(42)34-9-2-5-21-15-41(29(44)37-27(21)31)26-14-22(54-18-36-39-32)23(56-26)16-55-60(48,49)58-61(50,51)57-59(45,46)47/h1,3,5,11,13,17,22-23,25-26H,6-10,12,14-16,18,31H2,(H,35,44)(H,36,45)(H,49,50)(H,51,52)(H2,32,37,38)(H2,46,47,48);1,3-4,13,15,22-23,25-26H,6-12,14,16-18,30H2,(H,34,42)(H,35,43)(H,48,49)(H,50,51)(H2,31,37,44)(H2,45,46,47)/p-1/t;22-,23?,25?,26?/m.0/s1. The summed E-state index contributed by atoms with van der Waals surface area (Å²) in [6.45, 7) is -3.21. The average Bonchev–Trinajstić information content (AvgIpc) is 1.61. The highest BCUT2D eigenvalue weighted by molar-refractivity contribution is 7.67.